The molecule has 1 aliphatic carbocycles. The largest absolute Gasteiger partial charge is 0.416 e. The Morgan fingerprint density at radius 1 is 1.00 bits per heavy atom. The summed E-state index contributed by atoms with van der Waals surface area (Å²) in [5, 5.41) is 0. The standard InChI is InChI=1S/C18H14F3NO/c19-18(20,21)13-8-4-7-12(9-13)16-15(23)10-14(17(16)22)11-5-2-1-3-6-11/h1-9,14H,10,22H2. The number of nitrogens with two attached hydrogens (primary N) is 1. The molecule has 5 heteroatoms. The summed E-state index contributed by atoms with van der Waals surface area (Å²) in [6, 6.07) is 14.0. The van der Waals surface area contributed by atoms with Crippen molar-refractivity contribution in [2.75, 3.05) is 0 Å². The Labute approximate surface area is 131 Å². The van der Waals surface area contributed by atoms with Crippen LogP contribution in [-0.2, 0) is 11.0 Å². The van der Waals surface area contributed by atoms with Crippen LogP contribution in [0.15, 0.2) is 60.3 Å². The highest BCUT2D eigenvalue weighted by atomic mass is 19.4. The Kier molecular flexibility index (Phi) is 3.72. The number of alkyl halides is 3. The topological polar surface area (TPSA) is 43.1 Å². The lowest BCUT2D eigenvalue weighted by Gasteiger charge is -2.12. The smallest absolute Gasteiger partial charge is 0.401 e. The second-order valence-electron chi connectivity index (χ2n) is 5.50. The molecule has 1 aliphatic rings. The number of hydrogen-bond acceptors (Lipinski definition) is 2. The van der Waals surface area contributed by atoms with E-state index in [1.807, 2.05) is 30.3 Å². The van der Waals surface area contributed by atoms with Crippen molar-refractivity contribution in [3.8, 4) is 0 Å². The van der Waals surface area contributed by atoms with Crippen molar-refractivity contribution in [1.29, 1.82) is 0 Å². The zero-order valence-electron chi connectivity index (χ0n) is 12.1. The molecule has 1 unspecified atom stereocenters. The number of Topliss-reactive ketones (excluding diaryl/α,β-unsaturated/α-hetero) is 1. The first kappa shape index (κ1) is 15.3. The lowest BCUT2D eigenvalue weighted by Crippen LogP contribution is -2.08. The van der Waals surface area contributed by atoms with Crippen molar-refractivity contribution in [1.82, 2.24) is 0 Å². The van der Waals surface area contributed by atoms with Crippen LogP contribution in [0.4, 0.5) is 13.2 Å². The molecule has 0 saturated heterocycles. The van der Waals surface area contributed by atoms with Crippen molar-refractivity contribution < 1.29 is 18.0 Å². The predicted octanol–water partition coefficient (Wildman–Crippen LogP) is 4.13. The number of halogens is 3. The fourth-order valence-corrected chi connectivity index (χ4v) is 2.89. The molecule has 0 aromatic heterocycles. The van der Waals surface area contributed by atoms with Crippen molar-refractivity contribution in [3.05, 3.63) is 77.0 Å². The second-order valence-corrected chi connectivity index (χ2v) is 5.50. The van der Waals surface area contributed by atoms with Gasteiger partial charge in [-0.15, -0.1) is 0 Å². The third-order valence-corrected chi connectivity index (χ3v) is 4.01. The normalized spacial score (nSPS) is 18.6. The maximum absolute atomic E-state index is 12.9. The van der Waals surface area contributed by atoms with E-state index in [1.54, 1.807) is 0 Å². The molecule has 0 saturated carbocycles. The van der Waals surface area contributed by atoms with E-state index in [0.29, 0.717) is 5.70 Å². The van der Waals surface area contributed by atoms with Gasteiger partial charge in [-0.1, -0.05) is 42.5 Å². The van der Waals surface area contributed by atoms with Crippen LogP contribution in [0, 0.1) is 0 Å². The van der Waals surface area contributed by atoms with Crippen LogP contribution in [0.25, 0.3) is 5.57 Å². The number of rotatable bonds is 2. The maximum Gasteiger partial charge on any atom is 0.416 e. The summed E-state index contributed by atoms with van der Waals surface area (Å²) in [4.78, 5) is 12.3. The minimum absolute atomic E-state index is 0.182. The summed E-state index contributed by atoms with van der Waals surface area (Å²) in [6.45, 7) is 0. The Hall–Kier alpha value is -2.56. The van der Waals surface area contributed by atoms with Crippen LogP contribution in [0.1, 0.15) is 29.0 Å². The van der Waals surface area contributed by atoms with Gasteiger partial charge in [0.1, 0.15) is 0 Å². The van der Waals surface area contributed by atoms with E-state index in [1.165, 1.54) is 12.1 Å². The molecule has 2 nitrogen and oxygen atoms in total. The molecular weight excluding hydrogens is 303 g/mol. The van der Waals surface area contributed by atoms with Crippen molar-refractivity contribution >= 4 is 11.4 Å². The van der Waals surface area contributed by atoms with Gasteiger partial charge in [0.05, 0.1) is 5.56 Å². The van der Waals surface area contributed by atoms with Gasteiger partial charge in [0.15, 0.2) is 5.78 Å². The van der Waals surface area contributed by atoms with Gasteiger partial charge >= 0.3 is 6.18 Å². The van der Waals surface area contributed by atoms with E-state index >= 15 is 0 Å². The average Bonchev–Trinajstić information content (AvgIpc) is 2.82. The van der Waals surface area contributed by atoms with Gasteiger partial charge in [-0.3, -0.25) is 4.79 Å². The quantitative estimate of drug-likeness (QED) is 0.905. The van der Waals surface area contributed by atoms with Crippen molar-refractivity contribution in [2.45, 2.75) is 18.5 Å². The summed E-state index contributed by atoms with van der Waals surface area (Å²) >= 11 is 0. The average molecular weight is 317 g/mol. The van der Waals surface area contributed by atoms with Crippen LogP contribution >= 0.6 is 0 Å². The number of carbonyl (C=O) groups is 1. The number of ketones is 1. The lowest BCUT2D eigenvalue weighted by molar-refractivity contribution is -0.137. The van der Waals surface area contributed by atoms with E-state index in [9.17, 15) is 18.0 Å². The molecule has 118 valence electrons. The Balaban J connectivity index is 2.05. The zero-order chi connectivity index (χ0) is 16.6. The molecule has 0 fully saturated rings. The van der Waals surface area contributed by atoms with E-state index < -0.39 is 11.7 Å². The molecule has 0 aliphatic heterocycles. The molecular formula is C18H14F3NO. The highest BCUT2D eigenvalue weighted by molar-refractivity contribution is 6.24. The fourth-order valence-electron chi connectivity index (χ4n) is 2.89. The van der Waals surface area contributed by atoms with Crippen LogP contribution in [0.3, 0.4) is 0 Å². The molecule has 0 spiro atoms. The third-order valence-electron chi connectivity index (χ3n) is 4.01. The summed E-state index contributed by atoms with van der Waals surface area (Å²) in [5.74, 6) is -0.510. The van der Waals surface area contributed by atoms with Gasteiger partial charge in [-0.25, -0.2) is 0 Å². The van der Waals surface area contributed by atoms with Crippen LogP contribution < -0.4 is 5.73 Å². The monoisotopic (exact) mass is 317 g/mol. The zero-order valence-corrected chi connectivity index (χ0v) is 12.1. The molecule has 0 amide bonds. The molecule has 3 rings (SSSR count). The summed E-state index contributed by atoms with van der Waals surface area (Å²) < 4.78 is 38.6. The molecule has 2 aromatic rings. The van der Waals surface area contributed by atoms with E-state index in [4.69, 9.17) is 5.73 Å². The SMILES string of the molecule is NC1=C(c2cccc(C(F)(F)F)c2)C(=O)CC1c1ccccc1. The van der Waals surface area contributed by atoms with Gasteiger partial charge in [0.25, 0.3) is 0 Å². The number of carbonyl (C=O) groups excluding carboxylic acids is 1. The Morgan fingerprint density at radius 2 is 1.70 bits per heavy atom. The van der Waals surface area contributed by atoms with Gasteiger partial charge in [0.2, 0.25) is 0 Å². The predicted molar refractivity (Wildman–Crippen MR) is 81.4 cm³/mol. The third kappa shape index (κ3) is 2.86. The minimum Gasteiger partial charge on any atom is -0.401 e. The fraction of sp³-hybridized carbons (Fsp3) is 0.167. The van der Waals surface area contributed by atoms with Crippen LogP contribution in [-0.4, -0.2) is 5.78 Å². The molecule has 0 radical (unpaired) electrons. The minimum atomic E-state index is -4.45. The summed E-state index contributed by atoms with van der Waals surface area (Å²) in [5.41, 5.74) is 6.97. The van der Waals surface area contributed by atoms with Gasteiger partial charge in [-0.2, -0.15) is 13.2 Å². The highest BCUT2D eigenvalue weighted by Crippen LogP contribution is 2.40. The first-order valence-corrected chi connectivity index (χ1v) is 7.13. The highest BCUT2D eigenvalue weighted by Gasteiger charge is 2.35. The lowest BCUT2D eigenvalue weighted by atomic mass is 9.96. The van der Waals surface area contributed by atoms with Crippen LogP contribution in [0.2, 0.25) is 0 Å². The molecule has 0 bridgehead atoms. The van der Waals surface area contributed by atoms with Crippen molar-refractivity contribution in [3.63, 3.8) is 0 Å². The van der Waals surface area contributed by atoms with Crippen LogP contribution in [0.5, 0.6) is 0 Å². The van der Waals surface area contributed by atoms with E-state index in [0.717, 1.165) is 17.7 Å². The first-order chi connectivity index (χ1) is 10.9. The van der Waals surface area contributed by atoms with Gasteiger partial charge in [0, 0.05) is 23.6 Å². The molecule has 2 aromatic carbocycles. The Morgan fingerprint density at radius 3 is 2.35 bits per heavy atom. The van der Waals surface area contributed by atoms with E-state index in [-0.39, 0.29) is 29.3 Å². The summed E-state index contributed by atoms with van der Waals surface area (Å²) in [6.07, 6.45) is -4.27. The van der Waals surface area contributed by atoms with E-state index in [2.05, 4.69) is 0 Å². The molecule has 1 atom stereocenters. The number of benzene rings is 2. The number of hydrogen-bond donors (Lipinski definition) is 1. The Bertz CT molecular complexity index is 778. The first-order valence-electron chi connectivity index (χ1n) is 7.13. The molecule has 2 N–H and O–H groups in total. The van der Waals surface area contributed by atoms with Crippen molar-refractivity contribution in [2.24, 2.45) is 5.73 Å². The van der Waals surface area contributed by atoms with Gasteiger partial charge < -0.3 is 5.73 Å². The summed E-state index contributed by atoms with van der Waals surface area (Å²) in [7, 11) is 0. The maximum atomic E-state index is 12.9. The second kappa shape index (κ2) is 5.57. The number of allylic oxidation sites excluding steroid dienone is 2. The van der Waals surface area contributed by atoms with Gasteiger partial charge in [-0.05, 0) is 23.3 Å². The molecule has 0 heterocycles. The molecule has 23 heavy (non-hydrogen) atoms.